The van der Waals surface area contributed by atoms with Crippen molar-refractivity contribution in [1.82, 2.24) is 0 Å². The molecule has 88 valence electrons. The smallest absolute Gasteiger partial charge is 0.120 e. The van der Waals surface area contributed by atoms with Gasteiger partial charge in [0.25, 0.3) is 0 Å². The number of halogens is 1. The van der Waals surface area contributed by atoms with Crippen LogP contribution in [0.3, 0.4) is 0 Å². The summed E-state index contributed by atoms with van der Waals surface area (Å²) in [7, 11) is 1.70. The Morgan fingerprint density at radius 3 is 2.69 bits per heavy atom. The second-order valence-electron chi connectivity index (χ2n) is 4.76. The Morgan fingerprint density at radius 2 is 2.12 bits per heavy atom. The molecule has 1 aliphatic carbocycles. The molecule has 1 saturated carbocycles. The first kappa shape index (κ1) is 11.9. The molecule has 0 atom stereocenters. The van der Waals surface area contributed by atoms with Gasteiger partial charge in [0, 0.05) is 10.0 Å². The van der Waals surface area contributed by atoms with Crippen LogP contribution in [0.25, 0.3) is 0 Å². The molecular weight excluding hydrogens is 266 g/mol. The Morgan fingerprint density at radius 1 is 1.44 bits per heavy atom. The van der Waals surface area contributed by atoms with Crippen LogP contribution in [-0.4, -0.2) is 12.6 Å². The van der Waals surface area contributed by atoms with Gasteiger partial charge >= 0.3 is 0 Å². The Labute approximate surface area is 105 Å². The summed E-state index contributed by atoms with van der Waals surface area (Å²) in [5, 5.41) is 0. The van der Waals surface area contributed by atoms with Gasteiger partial charge in [-0.15, -0.1) is 0 Å². The van der Waals surface area contributed by atoms with Crippen LogP contribution in [0.2, 0.25) is 0 Å². The van der Waals surface area contributed by atoms with E-state index >= 15 is 0 Å². The zero-order chi connectivity index (χ0) is 11.8. The lowest BCUT2D eigenvalue weighted by Crippen LogP contribution is -2.22. The fourth-order valence-corrected chi connectivity index (χ4v) is 2.36. The van der Waals surface area contributed by atoms with Crippen LogP contribution in [-0.2, 0) is 6.42 Å². The van der Waals surface area contributed by atoms with E-state index in [0.29, 0.717) is 0 Å². The Bertz CT molecular complexity index is 399. The van der Waals surface area contributed by atoms with Crippen molar-refractivity contribution < 1.29 is 4.74 Å². The molecule has 0 aliphatic heterocycles. The van der Waals surface area contributed by atoms with Crippen molar-refractivity contribution >= 4 is 15.9 Å². The Balaban J connectivity index is 2.15. The van der Waals surface area contributed by atoms with Crippen LogP contribution >= 0.6 is 15.9 Å². The van der Waals surface area contributed by atoms with Gasteiger partial charge in [0.05, 0.1) is 7.11 Å². The first-order valence-corrected chi connectivity index (χ1v) is 6.45. The van der Waals surface area contributed by atoms with Crippen molar-refractivity contribution in [2.45, 2.75) is 38.1 Å². The number of rotatable bonds is 4. The van der Waals surface area contributed by atoms with E-state index in [9.17, 15) is 0 Å². The summed E-state index contributed by atoms with van der Waals surface area (Å²) in [6.07, 6.45) is 4.47. The molecule has 2 N–H and O–H groups in total. The van der Waals surface area contributed by atoms with Gasteiger partial charge in [-0.25, -0.2) is 0 Å². The van der Waals surface area contributed by atoms with Crippen molar-refractivity contribution in [3.8, 4) is 5.75 Å². The van der Waals surface area contributed by atoms with Crippen LogP contribution in [0.5, 0.6) is 5.75 Å². The van der Waals surface area contributed by atoms with Crippen molar-refractivity contribution in [1.29, 1.82) is 0 Å². The SMILES string of the molecule is COc1cc(Br)c(C)c(CCC2(N)CC2)c1. The average Bonchev–Trinajstić information content (AvgIpc) is 2.99. The van der Waals surface area contributed by atoms with E-state index < -0.39 is 0 Å². The number of hydrogen-bond donors (Lipinski definition) is 1. The van der Waals surface area contributed by atoms with Gasteiger partial charge in [0.1, 0.15) is 5.75 Å². The molecule has 3 heteroatoms. The minimum atomic E-state index is 0.127. The molecule has 0 bridgehead atoms. The highest BCUT2D eigenvalue weighted by Gasteiger charge is 2.37. The lowest BCUT2D eigenvalue weighted by molar-refractivity contribution is 0.413. The fraction of sp³-hybridized carbons (Fsp3) is 0.538. The van der Waals surface area contributed by atoms with E-state index in [2.05, 4.69) is 28.9 Å². The normalized spacial score (nSPS) is 17.2. The van der Waals surface area contributed by atoms with Gasteiger partial charge in [-0.2, -0.15) is 0 Å². The standard InChI is InChI=1S/C13H18BrNO/c1-9-10(3-4-13(15)5-6-13)7-11(16-2)8-12(9)14/h7-8H,3-6,15H2,1-2H3. The summed E-state index contributed by atoms with van der Waals surface area (Å²) in [6.45, 7) is 2.13. The first-order valence-electron chi connectivity index (χ1n) is 5.66. The predicted octanol–water partition coefficient (Wildman–Crippen LogP) is 3.19. The van der Waals surface area contributed by atoms with Crippen LogP contribution in [0.15, 0.2) is 16.6 Å². The molecule has 1 fully saturated rings. The Kier molecular flexibility index (Phi) is 3.27. The highest BCUT2D eigenvalue weighted by Crippen LogP contribution is 2.37. The molecule has 0 aromatic heterocycles. The number of hydrogen-bond acceptors (Lipinski definition) is 2. The summed E-state index contributed by atoms with van der Waals surface area (Å²) in [5.41, 5.74) is 8.87. The number of benzene rings is 1. The van der Waals surface area contributed by atoms with Gasteiger partial charge in [-0.1, -0.05) is 15.9 Å². The van der Waals surface area contributed by atoms with Crippen molar-refractivity contribution in [2.75, 3.05) is 7.11 Å². The molecule has 1 aliphatic rings. The van der Waals surface area contributed by atoms with Gasteiger partial charge in [-0.05, 0) is 55.9 Å². The molecule has 0 unspecified atom stereocenters. The molecule has 0 radical (unpaired) electrons. The monoisotopic (exact) mass is 283 g/mol. The van der Waals surface area contributed by atoms with Crippen LogP contribution in [0, 0.1) is 6.92 Å². The maximum atomic E-state index is 6.11. The van der Waals surface area contributed by atoms with Crippen molar-refractivity contribution in [3.05, 3.63) is 27.7 Å². The highest BCUT2D eigenvalue weighted by atomic mass is 79.9. The largest absolute Gasteiger partial charge is 0.497 e. The van der Waals surface area contributed by atoms with Crippen molar-refractivity contribution in [3.63, 3.8) is 0 Å². The topological polar surface area (TPSA) is 35.2 Å². The third-order valence-electron chi connectivity index (χ3n) is 3.45. The summed E-state index contributed by atoms with van der Waals surface area (Å²) >= 11 is 3.56. The molecular formula is C13H18BrNO. The quantitative estimate of drug-likeness (QED) is 0.921. The van der Waals surface area contributed by atoms with E-state index in [1.807, 2.05) is 6.07 Å². The summed E-state index contributed by atoms with van der Waals surface area (Å²) < 4.78 is 6.39. The number of methoxy groups -OCH3 is 1. The maximum absolute atomic E-state index is 6.11. The molecule has 2 rings (SSSR count). The molecule has 0 heterocycles. The number of ether oxygens (including phenoxy) is 1. The Hall–Kier alpha value is -0.540. The minimum Gasteiger partial charge on any atom is -0.497 e. The lowest BCUT2D eigenvalue weighted by Gasteiger charge is -2.13. The van der Waals surface area contributed by atoms with Gasteiger partial charge in [0.2, 0.25) is 0 Å². The zero-order valence-electron chi connectivity index (χ0n) is 9.85. The fourth-order valence-electron chi connectivity index (χ4n) is 1.88. The third-order valence-corrected chi connectivity index (χ3v) is 4.27. The van der Waals surface area contributed by atoms with Gasteiger partial charge < -0.3 is 10.5 Å². The molecule has 1 aromatic carbocycles. The molecule has 0 spiro atoms. The zero-order valence-corrected chi connectivity index (χ0v) is 11.4. The summed E-state index contributed by atoms with van der Waals surface area (Å²) in [4.78, 5) is 0. The lowest BCUT2D eigenvalue weighted by atomic mass is 10.00. The molecule has 16 heavy (non-hydrogen) atoms. The van der Waals surface area contributed by atoms with E-state index in [4.69, 9.17) is 10.5 Å². The summed E-state index contributed by atoms with van der Waals surface area (Å²) in [6, 6.07) is 4.13. The third kappa shape index (κ3) is 2.58. The molecule has 0 amide bonds. The van der Waals surface area contributed by atoms with Gasteiger partial charge in [-0.3, -0.25) is 0 Å². The average molecular weight is 284 g/mol. The number of nitrogens with two attached hydrogens (primary N) is 1. The summed E-state index contributed by atoms with van der Waals surface area (Å²) in [5.74, 6) is 0.911. The first-order chi connectivity index (χ1) is 7.54. The number of aryl methyl sites for hydroxylation is 1. The molecule has 0 saturated heterocycles. The van der Waals surface area contributed by atoms with E-state index in [0.717, 1.165) is 23.1 Å². The second kappa shape index (κ2) is 4.38. The molecule has 1 aromatic rings. The van der Waals surface area contributed by atoms with E-state index in [1.165, 1.54) is 24.0 Å². The van der Waals surface area contributed by atoms with E-state index in [-0.39, 0.29) is 5.54 Å². The van der Waals surface area contributed by atoms with Crippen LogP contribution in [0.1, 0.15) is 30.4 Å². The molecule has 2 nitrogen and oxygen atoms in total. The van der Waals surface area contributed by atoms with Gasteiger partial charge in [0.15, 0.2) is 0 Å². The van der Waals surface area contributed by atoms with E-state index in [1.54, 1.807) is 7.11 Å². The predicted molar refractivity (Wildman–Crippen MR) is 69.9 cm³/mol. The van der Waals surface area contributed by atoms with Crippen LogP contribution in [0.4, 0.5) is 0 Å². The maximum Gasteiger partial charge on any atom is 0.120 e. The second-order valence-corrected chi connectivity index (χ2v) is 5.61. The van der Waals surface area contributed by atoms with Crippen LogP contribution < -0.4 is 10.5 Å². The highest BCUT2D eigenvalue weighted by molar-refractivity contribution is 9.10. The van der Waals surface area contributed by atoms with Crippen molar-refractivity contribution in [2.24, 2.45) is 5.73 Å². The minimum absolute atomic E-state index is 0.127.